The maximum absolute atomic E-state index is 0. The smallest absolute Gasteiger partial charge is 2.00 e. The van der Waals surface area contributed by atoms with Crippen LogP contribution in [0.2, 0.25) is 0 Å². The van der Waals surface area contributed by atoms with Gasteiger partial charge < -0.3 is 21.9 Å². The van der Waals surface area contributed by atoms with Gasteiger partial charge in [-0.2, -0.15) is 0 Å². The third kappa shape index (κ3) is 50.8. The molecule has 34 valence electrons. The van der Waals surface area contributed by atoms with Crippen molar-refractivity contribution in [1.29, 1.82) is 0 Å². The van der Waals surface area contributed by atoms with Gasteiger partial charge in [0.25, 0.3) is 0 Å². The van der Waals surface area contributed by atoms with Crippen LogP contribution >= 0.6 is 0 Å². The Labute approximate surface area is 70.2 Å². The van der Waals surface area contributed by atoms with E-state index >= 15 is 0 Å². The van der Waals surface area contributed by atoms with Crippen LogP contribution in [0.5, 0.6) is 0 Å². The Hall–Kier alpha value is 1.46. The van der Waals surface area contributed by atoms with E-state index in [0.29, 0.717) is 0 Å². The van der Waals surface area contributed by atoms with Gasteiger partial charge in [0, 0.05) is 0 Å². The molecule has 2 radical (unpaired) electrons. The monoisotopic (exact) mass is 454 g/mol. The Kier molecular flexibility index (Phi) is 2190. The topological polar surface area (TPSA) is 114 Å². The van der Waals surface area contributed by atoms with Gasteiger partial charge in [-0.05, 0) is 0 Å². The molecule has 6 heteroatoms. The average molecular weight is 454 g/mol. The first-order valence-corrected chi connectivity index (χ1v) is 0. The van der Waals surface area contributed by atoms with Crippen LogP contribution in [0.3, 0.4) is 0 Å². The molecule has 0 saturated carbocycles. The van der Waals surface area contributed by atoms with Gasteiger partial charge >= 0.3 is 48.6 Å². The molecular weight excluding hydrogens is 454 g/mol. The maximum Gasteiger partial charge on any atom is 5.00 e. The molecule has 0 fully saturated rings. The molecule has 6 heavy (non-hydrogen) atoms. The van der Waals surface area contributed by atoms with Crippen LogP contribution in [0.4, 0.5) is 0 Å². The normalized spacial score (nSPS) is 0. The number of hydrogen-bond acceptors (Lipinski definition) is 0. The van der Waals surface area contributed by atoms with Crippen molar-refractivity contribution >= 4 is 26.2 Å². The van der Waals surface area contributed by atoms with Gasteiger partial charge in [0.2, 0.25) is 0 Å². The molecule has 0 saturated heterocycles. The molecule has 0 aliphatic heterocycles. The van der Waals surface area contributed by atoms with Gasteiger partial charge in [-0.25, -0.2) is 0 Å². The summed E-state index contributed by atoms with van der Waals surface area (Å²) in [5, 5.41) is 0. The summed E-state index contributed by atoms with van der Waals surface area (Å²) in [4.78, 5) is 0. The second kappa shape index (κ2) is 90.1. The molecule has 0 aromatic heterocycles. The minimum absolute atomic E-state index is 0. The summed E-state index contributed by atoms with van der Waals surface area (Å²) in [7, 11) is 0. The second-order valence-electron chi connectivity index (χ2n) is 0. The molecular formula is BiO4Ta. The zero-order valence-corrected chi connectivity index (χ0v) is 9.22. The zero-order valence-electron chi connectivity index (χ0n) is 2.53. The fraction of sp³-hybridized carbons (Fsp3) is 0. The van der Waals surface area contributed by atoms with Gasteiger partial charge in [-0.3, -0.25) is 0 Å². The molecule has 0 spiro atoms. The minimum Gasteiger partial charge on any atom is -2.00 e. The van der Waals surface area contributed by atoms with E-state index in [4.69, 9.17) is 0 Å². The summed E-state index contributed by atoms with van der Waals surface area (Å²) in [6.07, 6.45) is 0. The van der Waals surface area contributed by atoms with Crippen molar-refractivity contribution in [2.45, 2.75) is 0 Å². The van der Waals surface area contributed by atoms with Gasteiger partial charge in [-0.1, -0.05) is 0 Å². The number of rotatable bonds is 0. The molecule has 0 aromatic rings. The van der Waals surface area contributed by atoms with Crippen LogP contribution < -0.4 is 0 Å². The predicted octanol–water partition coefficient (Wildman–Crippen LogP) is -0.859. The fourth-order valence-electron chi connectivity index (χ4n) is 0. The quantitative estimate of drug-likeness (QED) is 0.425. The van der Waals surface area contributed by atoms with E-state index in [9.17, 15) is 0 Å². The third-order valence-electron chi connectivity index (χ3n) is 0. The van der Waals surface area contributed by atoms with Crippen LogP contribution in [0.1, 0.15) is 0 Å². The first kappa shape index (κ1) is 146. The van der Waals surface area contributed by atoms with Crippen LogP contribution in [0, 0.1) is 0 Å². The maximum atomic E-state index is 0. The molecule has 0 rings (SSSR count). The van der Waals surface area contributed by atoms with Gasteiger partial charge in [0.05, 0.1) is 0 Å². The predicted molar refractivity (Wildman–Crippen MR) is 8.50 cm³/mol. The van der Waals surface area contributed by atoms with Gasteiger partial charge in [0.15, 0.2) is 0 Å². The minimum atomic E-state index is 0. The average Bonchev–Trinajstić information content (AvgIpc) is 0. The van der Waals surface area contributed by atoms with E-state index in [1.165, 1.54) is 0 Å². The van der Waals surface area contributed by atoms with Crippen molar-refractivity contribution in [3.8, 4) is 0 Å². The first-order chi connectivity index (χ1) is 0. The van der Waals surface area contributed by atoms with E-state index in [-0.39, 0.29) is 70.5 Å². The molecule has 0 heterocycles. The molecule has 0 bridgehead atoms. The van der Waals surface area contributed by atoms with Crippen LogP contribution in [0.15, 0.2) is 0 Å². The molecule has 0 unspecified atom stereocenters. The first-order valence-electron chi connectivity index (χ1n) is 0. The van der Waals surface area contributed by atoms with Crippen molar-refractivity contribution in [3.05, 3.63) is 0 Å². The Morgan fingerprint density at radius 2 is 0.500 bits per heavy atom. The van der Waals surface area contributed by atoms with Crippen molar-refractivity contribution in [2.24, 2.45) is 0 Å². The summed E-state index contributed by atoms with van der Waals surface area (Å²) in [5.74, 6) is 0. The second-order valence-corrected chi connectivity index (χ2v) is 0. The van der Waals surface area contributed by atoms with E-state index < -0.39 is 0 Å². The van der Waals surface area contributed by atoms with Crippen molar-refractivity contribution < 1.29 is 44.3 Å². The standard InChI is InChI=1S/Bi.4O.Ta/q+3;4*-2;+5. The Bertz CT molecular complexity index is 7.51. The van der Waals surface area contributed by atoms with Gasteiger partial charge in [-0.15, -0.1) is 0 Å². The largest absolute Gasteiger partial charge is 5.00 e. The molecule has 0 aromatic carbocycles. The zero-order chi connectivity index (χ0) is 0. The van der Waals surface area contributed by atoms with Crippen molar-refractivity contribution in [1.82, 2.24) is 0 Å². The fourth-order valence-corrected chi connectivity index (χ4v) is 0. The summed E-state index contributed by atoms with van der Waals surface area (Å²) < 4.78 is 0. The molecule has 4 nitrogen and oxygen atoms in total. The van der Waals surface area contributed by atoms with Crippen molar-refractivity contribution in [3.63, 3.8) is 0 Å². The molecule has 0 amide bonds. The third-order valence-corrected chi connectivity index (χ3v) is 0. The molecule has 0 aliphatic rings. The van der Waals surface area contributed by atoms with Crippen LogP contribution in [-0.4, -0.2) is 26.2 Å². The van der Waals surface area contributed by atoms with E-state index in [2.05, 4.69) is 0 Å². The molecule has 0 N–H and O–H groups in total. The summed E-state index contributed by atoms with van der Waals surface area (Å²) in [6, 6.07) is 0. The summed E-state index contributed by atoms with van der Waals surface area (Å²) in [5.41, 5.74) is 0. The van der Waals surface area contributed by atoms with E-state index in [1.54, 1.807) is 0 Å². The summed E-state index contributed by atoms with van der Waals surface area (Å²) in [6.45, 7) is 0. The van der Waals surface area contributed by atoms with Gasteiger partial charge in [0.1, 0.15) is 0 Å². The van der Waals surface area contributed by atoms with E-state index in [0.717, 1.165) is 0 Å². The van der Waals surface area contributed by atoms with Crippen molar-refractivity contribution in [2.75, 3.05) is 0 Å². The Balaban J connectivity index is 0. The summed E-state index contributed by atoms with van der Waals surface area (Å²) >= 11 is 0. The Morgan fingerprint density at radius 3 is 0.500 bits per heavy atom. The number of hydrogen-bond donors (Lipinski definition) is 0. The molecule has 0 atom stereocenters. The SMILES string of the molecule is [Bi+3].[O-2].[O-2].[O-2].[O-2].[Ta+5]. The van der Waals surface area contributed by atoms with Crippen LogP contribution in [0.25, 0.3) is 0 Å². The molecule has 0 aliphatic carbocycles. The Morgan fingerprint density at radius 1 is 0.500 bits per heavy atom. The van der Waals surface area contributed by atoms with Crippen LogP contribution in [-0.2, 0) is 44.3 Å². The van der Waals surface area contributed by atoms with E-state index in [1.807, 2.05) is 0 Å².